The summed E-state index contributed by atoms with van der Waals surface area (Å²) in [5.41, 5.74) is 0.674. The van der Waals surface area contributed by atoms with E-state index in [0.29, 0.717) is 5.56 Å². The van der Waals surface area contributed by atoms with Crippen molar-refractivity contribution in [1.82, 2.24) is 0 Å². The van der Waals surface area contributed by atoms with Gasteiger partial charge in [0.15, 0.2) is 0 Å². The number of alkyl halides is 1. The molecule has 1 nitrogen and oxygen atoms in total. The van der Waals surface area contributed by atoms with Crippen molar-refractivity contribution in [3.05, 3.63) is 35.6 Å². The zero-order valence-electron chi connectivity index (χ0n) is 9.59. The van der Waals surface area contributed by atoms with Gasteiger partial charge in [-0.2, -0.15) is 0 Å². The first-order valence-electron chi connectivity index (χ1n) is 5.71. The maximum Gasteiger partial charge on any atom is 0.129 e. The number of halogens is 2. The highest BCUT2D eigenvalue weighted by Gasteiger charge is 2.14. The highest BCUT2D eigenvalue weighted by atomic mass is 127. The third kappa shape index (κ3) is 4.37. The molecule has 1 aromatic carbocycles. The van der Waals surface area contributed by atoms with Crippen LogP contribution in [0.2, 0.25) is 0 Å². The first-order valence-corrected chi connectivity index (χ1v) is 7.24. The standard InChI is InChI=1S/C13H18FIO/c1-2-3-6-9-16-13(10-15)11-7-4-5-8-12(11)14/h4-5,7-8,13H,2-3,6,9-10H2,1H3. The van der Waals surface area contributed by atoms with Gasteiger partial charge in [0.05, 0.1) is 6.10 Å². The smallest absolute Gasteiger partial charge is 0.129 e. The molecule has 0 aliphatic heterocycles. The maximum absolute atomic E-state index is 13.5. The van der Waals surface area contributed by atoms with Gasteiger partial charge >= 0.3 is 0 Å². The molecule has 0 aliphatic carbocycles. The average molecular weight is 336 g/mol. The van der Waals surface area contributed by atoms with Gasteiger partial charge in [-0.15, -0.1) is 0 Å². The van der Waals surface area contributed by atoms with E-state index in [0.717, 1.165) is 17.5 Å². The maximum atomic E-state index is 13.5. The Labute approximate surface area is 111 Å². The van der Waals surface area contributed by atoms with E-state index in [-0.39, 0.29) is 11.9 Å². The third-order valence-corrected chi connectivity index (χ3v) is 3.26. The van der Waals surface area contributed by atoms with E-state index in [4.69, 9.17) is 4.74 Å². The summed E-state index contributed by atoms with van der Waals surface area (Å²) in [6.45, 7) is 2.88. The van der Waals surface area contributed by atoms with E-state index in [1.807, 2.05) is 6.07 Å². The van der Waals surface area contributed by atoms with Crippen LogP contribution in [0, 0.1) is 5.82 Å². The Morgan fingerprint density at radius 1 is 1.31 bits per heavy atom. The molecule has 1 unspecified atom stereocenters. The summed E-state index contributed by atoms with van der Waals surface area (Å²) in [4.78, 5) is 0. The summed E-state index contributed by atoms with van der Waals surface area (Å²) in [6.07, 6.45) is 3.29. The molecule has 0 radical (unpaired) electrons. The molecule has 0 saturated heterocycles. The number of hydrogen-bond donors (Lipinski definition) is 0. The number of rotatable bonds is 7. The van der Waals surface area contributed by atoms with Gasteiger partial charge in [0, 0.05) is 16.6 Å². The molecule has 1 rings (SSSR count). The average Bonchev–Trinajstić information content (AvgIpc) is 2.31. The summed E-state index contributed by atoms with van der Waals surface area (Å²) in [6, 6.07) is 6.86. The van der Waals surface area contributed by atoms with Crippen LogP contribution in [0.3, 0.4) is 0 Å². The van der Waals surface area contributed by atoms with Gasteiger partial charge in [-0.25, -0.2) is 4.39 Å². The molecule has 16 heavy (non-hydrogen) atoms. The van der Waals surface area contributed by atoms with Gasteiger partial charge < -0.3 is 4.74 Å². The highest BCUT2D eigenvalue weighted by molar-refractivity contribution is 14.1. The second kappa shape index (κ2) is 8.01. The Bertz CT molecular complexity index is 304. The van der Waals surface area contributed by atoms with Crippen molar-refractivity contribution in [1.29, 1.82) is 0 Å². The number of ether oxygens (including phenoxy) is 1. The second-order valence-corrected chi connectivity index (χ2v) is 4.62. The molecule has 3 heteroatoms. The van der Waals surface area contributed by atoms with Crippen LogP contribution in [0.4, 0.5) is 4.39 Å². The monoisotopic (exact) mass is 336 g/mol. The fourth-order valence-electron chi connectivity index (χ4n) is 1.53. The summed E-state index contributed by atoms with van der Waals surface area (Å²) in [5, 5.41) is 0. The number of unbranched alkanes of at least 4 members (excludes halogenated alkanes) is 2. The lowest BCUT2D eigenvalue weighted by molar-refractivity contribution is 0.0657. The van der Waals surface area contributed by atoms with Crippen LogP contribution in [0.5, 0.6) is 0 Å². The van der Waals surface area contributed by atoms with Crippen molar-refractivity contribution in [3.63, 3.8) is 0 Å². The van der Waals surface area contributed by atoms with Gasteiger partial charge in [-0.05, 0) is 12.5 Å². The van der Waals surface area contributed by atoms with Crippen molar-refractivity contribution in [2.24, 2.45) is 0 Å². The van der Waals surface area contributed by atoms with E-state index in [1.54, 1.807) is 12.1 Å². The summed E-state index contributed by atoms with van der Waals surface area (Å²) < 4.78 is 20.0. The first-order chi connectivity index (χ1) is 7.79. The van der Waals surface area contributed by atoms with E-state index in [2.05, 4.69) is 29.5 Å². The van der Waals surface area contributed by atoms with Gasteiger partial charge in [0.2, 0.25) is 0 Å². The molecular weight excluding hydrogens is 318 g/mol. The van der Waals surface area contributed by atoms with Crippen LogP contribution in [0.1, 0.15) is 37.9 Å². The number of hydrogen-bond acceptors (Lipinski definition) is 1. The minimum absolute atomic E-state index is 0.112. The molecule has 0 aromatic heterocycles. The fourth-order valence-corrected chi connectivity index (χ4v) is 2.26. The van der Waals surface area contributed by atoms with E-state index >= 15 is 0 Å². The van der Waals surface area contributed by atoms with Crippen molar-refractivity contribution in [2.45, 2.75) is 32.3 Å². The summed E-state index contributed by atoms with van der Waals surface area (Å²) in [5.74, 6) is -0.167. The van der Waals surface area contributed by atoms with Gasteiger partial charge in [0.1, 0.15) is 5.82 Å². The van der Waals surface area contributed by atoms with Crippen LogP contribution < -0.4 is 0 Å². The topological polar surface area (TPSA) is 9.23 Å². The minimum atomic E-state index is -0.167. The molecule has 0 aliphatic rings. The van der Waals surface area contributed by atoms with Crippen molar-refractivity contribution < 1.29 is 9.13 Å². The Kier molecular flexibility index (Phi) is 6.96. The molecule has 0 spiro atoms. The highest BCUT2D eigenvalue weighted by Crippen LogP contribution is 2.23. The molecular formula is C13H18FIO. The molecule has 0 saturated carbocycles. The quantitative estimate of drug-likeness (QED) is 0.404. The molecule has 90 valence electrons. The molecule has 0 fully saturated rings. The molecule has 1 aromatic rings. The lowest BCUT2D eigenvalue weighted by Crippen LogP contribution is -2.08. The van der Waals surface area contributed by atoms with Gasteiger partial charge in [0.25, 0.3) is 0 Å². The van der Waals surface area contributed by atoms with Crippen LogP contribution in [0.15, 0.2) is 24.3 Å². The predicted octanol–water partition coefficient (Wildman–Crippen LogP) is 4.51. The summed E-state index contributed by atoms with van der Waals surface area (Å²) >= 11 is 2.24. The Morgan fingerprint density at radius 3 is 2.69 bits per heavy atom. The largest absolute Gasteiger partial charge is 0.373 e. The molecule has 0 amide bonds. The van der Waals surface area contributed by atoms with Crippen molar-refractivity contribution in [2.75, 3.05) is 11.0 Å². The lowest BCUT2D eigenvalue weighted by atomic mass is 10.1. The van der Waals surface area contributed by atoms with E-state index in [9.17, 15) is 4.39 Å². The Hall–Kier alpha value is -0.160. The SMILES string of the molecule is CCCCCOC(CI)c1ccccc1F. The van der Waals surface area contributed by atoms with Crippen LogP contribution in [0.25, 0.3) is 0 Å². The normalized spacial score (nSPS) is 12.7. The van der Waals surface area contributed by atoms with Crippen molar-refractivity contribution >= 4 is 22.6 Å². The molecule has 1 atom stereocenters. The minimum Gasteiger partial charge on any atom is -0.373 e. The predicted molar refractivity (Wildman–Crippen MR) is 73.5 cm³/mol. The summed E-state index contributed by atoms with van der Waals surface area (Å²) in [7, 11) is 0. The third-order valence-electron chi connectivity index (χ3n) is 2.46. The van der Waals surface area contributed by atoms with E-state index < -0.39 is 0 Å². The lowest BCUT2D eigenvalue weighted by Gasteiger charge is -2.16. The van der Waals surface area contributed by atoms with Crippen molar-refractivity contribution in [3.8, 4) is 0 Å². The second-order valence-electron chi connectivity index (χ2n) is 3.74. The Balaban J connectivity index is 2.51. The molecule has 0 heterocycles. The van der Waals surface area contributed by atoms with Crippen LogP contribution in [-0.2, 0) is 4.74 Å². The molecule has 0 bridgehead atoms. The van der Waals surface area contributed by atoms with Crippen LogP contribution >= 0.6 is 22.6 Å². The zero-order chi connectivity index (χ0) is 11.8. The first kappa shape index (κ1) is 13.9. The van der Waals surface area contributed by atoms with E-state index in [1.165, 1.54) is 18.9 Å². The Morgan fingerprint density at radius 2 is 2.06 bits per heavy atom. The zero-order valence-corrected chi connectivity index (χ0v) is 11.7. The fraction of sp³-hybridized carbons (Fsp3) is 0.538. The van der Waals surface area contributed by atoms with Gasteiger partial charge in [-0.3, -0.25) is 0 Å². The van der Waals surface area contributed by atoms with Crippen LogP contribution in [-0.4, -0.2) is 11.0 Å². The van der Waals surface area contributed by atoms with Gasteiger partial charge in [-0.1, -0.05) is 60.6 Å². The number of benzene rings is 1. The molecule has 0 N–H and O–H groups in total.